The Morgan fingerprint density at radius 2 is 1.50 bits per heavy atom. The van der Waals surface area contributed by atoms with Gasteiger partial charge in [0.15, 0.2) is 0 Å². The topological polar surface area (TPSA) is 29.4 Å². The molecule has 0 heterocycles. The van der Waals surface area contributed by atoms with Crippen molar-refractivity contribution >= 4 is 16.5 Å². The Hall–Kier alpha value is -2.48. The van der Waals surface area contributed by atoms with Gasteiger partial charge in [0.05, 0.1) is 0 Å². The highest BCUT2D eigenvalue weighted by Crippen LogP contribution is 2.50. The molecule has 0 atom stereocenters. The maximum Gasteiger partial charge on any atom is 0.116 e. The van der Waals surface area contributed by atoms with Gasteiger partial charge in [0.2, 0.25) is 0 Å². The van der Waals surface area contributed by atoms with Crippen LogP contribution in [0.3, 0.4) is 0 Å². The van der Waals surface area contributed by atoms with Crippen LogP contribution in [0.2, 0.25) is 0 Å². The van der Waals surface area contributed by atoms with Crippen LogP contribution in [0.1, 0.15) is 0 Å². The van der Waals surface area contributed by atoms with E-state index >= 15 is 0 Å². The molecule has 2 heteroatoms. The average Bonchev–Trinajstić information content (AvgIpc) is 2.77. The maximum atomic E-state index is 11.0. The van der Waals surface area contributed by atoms with E-state index in [0.717, 1.165) is 21.9 Å². The highest BCUT2D eigenvalue weighted by atomic mass is 16.3. The van der Waals surface area contributed by atoms with Gasteiger partial charge in [-0.05, 0) is 38.7 Å². The lowest BCUT2D eigenvalue weighted by atomic mass is 10.0. The first-order chi connectivity index (χ1) is 8.90. The highest BCUT2D eigenvalue weighted by molar-refractivity contribution is 6.18. The molecule has 4 rings (SSSR count). The van der Waals surface area contributed by atoms with E-state index in [4.69, 9.17) is 0 Å². The molecule has 0 saturated heterocycles. The molecule has 84 valence electrons. The maximum absolute atomic E-state index is 11.0. The Kier molecular flexibility index (Phi) is 1.73. The van der Waals surface area contributed by atoms with Gasteiger partial charge in [-0.2, -0.15) is 0 Å². The lowest BCUT2D eigenvalue weighted by Crippen LogP contribution is -1.76. The van der Waals surface area contributed by atoms with Crippen LogP contribution in [0.25, 0.3) is 33.0 Å². The fourth-order valence-electron chi connectivity index (χ4n) is 2.88. The first kappa shape index (κ1) is 9.54. The first-order valence-electron chi connectivity index (χ1n) is 5.89. The third-order valence-corrected chi connectivity index (χ3v) is 3.61. The Labute approximate surface area is 104 Å². The van der Waals surface area contributed by atoms with Crippen LogP contribution in [-0.4, -0.2) is 0 Å². The van der Waals surface area contributed by atoms with Crippen LogP contribution >= 0.6 is 0 Å². The van der Waals surface area contributed by atoms with Crippen molar-refractivity contribution in [3.63, 3.8) is 0 Å². The standard InChI is InChI=1S/C16H9NO/c18-17-14-9-8-10-4-3-7-12-11-5-1-2-6-13(11)16(14)15(10)12/h1-9H. The minimum absolute atomic E-state index is 0.528. The van der Waals surface area contributed by atoms with Crippen molar-refractivity contribution in [1.29, 1.82) is 0 Å². The van der Waals surface area contributed by atoms with Gasteiger partial charge in [-0.15, -0.1) is 4.91 Å². The number of fused-ring (bicyclic) bond motifs is 3. The normalized spacial score (nSPS) is 11.6. The minimum Gasteiger partial charge on any atom is -0.145 e. The summed E-state index contributed by atoms with van der Waals surface area (Å²) in [5.41, 5.74) is 5.00. The Balaban J connectivity index is 2.31. The molecule has 2 nitrogen and oxygen atoms in total. The molecule has 0 aliphatic heterocycles. The molecule has 1 aliphatic rings. The monoisotopic (exact) mass is 231 g/mol. The van der Waals surface area contributed by atoms with Crippen LogP contribution in [0.15, 0.2) is 59.8 Å². The smallest absolute Gasteiger partial charge is 0.116 e. The molecule has 0 radical (unpaired) electrons. The average molecular weight is 231 g/mol. The Morgan fingerprint density at radius 1 is 0.722 bits per heavy atom. The van der Waals surface area contributed by atoms with Crippen LogP contribution in [0.5, 0.6) is 0 Å². The van der Waals surface area contributed by atoms with Crippen molar-refractivity contribution in [2.75, 3.05) is 0 Å². The summed E-state index contributed by atoms with van der Waals surface area (Å²) in [6.07, 6.45) is 0. The highest BCUT2D eigenvalue weighted by Gasteiger charge is 2.23. The molecule has 0 fully saturated rings. The SMILES string of the molecule is O=Nc1ccc2cccc3c2c1-c1ccccc1-3. The molecule has 3 aromatic rings. The van der Waals surface area contributed by atoms with Crippen molar-refractivity contribution in [3.8, 4) is 22.3 Å². The van der Waals surface area contributed by atoms with Crippen molar-refractivity contribution in [2.45, 2.75) is 0 Å². The van der Waals surface area contributed by atoms with Crippen LogP contribution in [-0.2, 0) is 0 Å². The summed E-state index contributed by atoms with van der Waals surface area (Å²) in [5, 5.41) is 5.48. The molecule has 0 saturated carbocycles. The molecule has 0 amide bonds. The fourth-order valence-corrected chi connectivity index (χ4v) is 2.88. The zero-order valence-electron chi connectivity index (χ0n) is 9.55. The molecular formula is C16H9NO. The summed E-state index contributed by atoms with van der Waals surface area (Å²) in [6, 6.07) is 18.2. The quantitative estimate of drug-likeness (QED) is 0.429. The van der Waals surface area contributed by atoms with E-state index in [-0.39, 0.29) is 0 Å². The number of hydrogen-bond donors (Lipinski definition) is 0. The Bertz CT molecular complexity index is 805. The van der Waals surface area contributed by atoms with E-state index < -0.39 is 0 Å². The number of benzene rings is 3. The lowest BCUT2D eigenvalue weighted by Gasteiger charge is -2.03. The molecule has 0 N–H and O–H groups in total. The second kappa shape index (κ2) is 3.26. The summed E-state index contributed by atoms with van der Waals surface area (Å²) in [5.74, 6) is 0. The van der Waals surface area contributed by atoms with Gasteiger partial charge >= 0.3 is 0 Å². The molecule has 0 aromatic heterocycles. The summed E-state index contributed by atoms with van der Waals surface area (Å²) < 4.78 is 0. The van der Waals surface area contributed by atoms with E-state index in [0.29, 0.717) is 5.69 Å². The van der Waals surface area contributed by atoms with E-state index in [2.05, 4.69) is 35.5 Å². The lowest BCUT2D eigenvalue weighted by molar-refractivity contribution is 1.52. The molecule has 18 heavy (non-hydrogen) atoms. The van der Waals surface area contributed by atoms with Gasteiger partial charge < -0.3 is 0 Å². The van der Waals surface area contributed by atoms with E-state index in [9.17, 15) is 4.91 Å². The minimum atomic E-state index is 0.528. The van der Waals surface area contributed by atoms with Crippen molar-refractivity contribution < 1.29 is 0 Å². The van der Waals surface area contributed by atoms with Gasteiger partial charge in [-0.25, -0.2) is 0 Å². The summed E-state index contributed by atoms with van der Waals surface area (Å²) in [4.78, 5) is 11.0. The second-order valence-corrected chi connectivity index (χ2v) is 4.50. The zero-order chi connectivity index (χ0) is 12.1. The predicted octanol–water partition coefficient (Wildman–Crippen LogP) is 4.89. The van der Waals surface area contributed by atoms with Gasteiger partial charge in [0.25, 0.3) is 0 Å². The number of nitroso groups, excluding NO2 is 1. The van der Waals surface area contributed by atoms with E-state index in [1.54, 1.807) is 6.07 Å². The van der Waals surface area contributed by atoms with Crippen LogP contribution in [0.4, 0.5) is 5.69 Å². The third kappa shape index (κ3) is 1.02. The zero-order valence-corrected chi connectivity index (χ0v) is 9.55. The summed E-state index contributed by atoms with van der Waals surface area (Å²) in [7, 11) is 0. The largest absolute Gasteiger partial charge is 0.145 e. The molecule has 0 bridgehead atoms. The molecular weight excluding hydrogens is 222 g/mol. The Morgan fingerprint density at radius 3 is 2.33 bits per heavy atom. The number of rotatable bonds is 1. The number of hydrogen-bond acceptors (Lipinski definition) is 2. The first-order valence-corrected chi connectivity index (χ1v) is 5.89. The summed E-state index contributed by atoms with van der Waals surface area (Å²) in [6.45, 7) is 0. The van der Waals surface area contributed by atoms with Crippen molar-refractivity contribution in [1.82, 2.24) is 0 Å². The van der Waals surface area contributed by atoms with Crippen molar-refractivity contribution in [3.05, 3.63) is 59.5 Å². The summed E-state index contributed by atoms with van der Waals surface area (Å²) >= 11 is 0. The van der Waals surface area contributed by atoms with Gasteiger partial charge in [-0.1, -0.05) is 48.5 Å². The molecule has 0 unspecified atom stereocenters. The number of nitrogens with zero attached hydrogens (tertiary/aromatic N) is 1. The second-order valence-electron chi connectivity index (χ2n) is 4.50. The molecule has 3 aromatic carbocycles. The molecule has 0 spiro atoms. The van der Waals surface area contributed by atoms with Crippen LogP contribution in [0, 0.1) is 4.91 Å². The van der Waals surface area contributed by atoms with Gasteiger partial charge in [0, 0.05) is 5.56 Å². The van der Waals surface area contributed by atoms with E-state index in [1.807, 2.05) is 18.2 Å². The van der Waals surface area contributed by atoms with Crippen molar-refractivity contribution in [2.24, 2.45) is 5.18 Å². The van der Waals surface area contributed by atoms with Gasteiger partial charge in [-0.3, -0.25) is 0 Å². The predicted molar refractivity (Wildman–Crippen MR) is 73.8 cm³/mol. The fraction of sp³-hybridized carbons (Fsp3) is 0. The third-order valence-electron chi connectivity index (χ3n) is 3.61. The molecule has 1 aliphatic carbocycles. The van der Waals surface area contributed by atoms with E-state index in [1.165, 1.54) is 11.1 Å². The van der Waals surface area contributed by atoms with Crippen LogP contribution < -0.4 is 0 Å². The van der Waals surface area contributed by atoms with Gasteiger partial charge in [0.1, 0.15) is 5.69 Å².